The molecule has 0 aromatic rings. The van der Waals surface area contributed by atoms with Crippen molar-refractivity contribution < 1.29 is 25.2 Å². The average molecular weight is 150 g/mol. The lowest BCUT2D eigenvalue weighted by Crippen LogP contribution is -2.27. The summed E-state index contributed by atoms with van der Waals surface area (Å²) >= 11 is 0. The second kappa shape index (κ2) is 4.21. The Hall–Kier alpha value is -0.650. The van der Waals surface area contributed by atoms with E-state index in [1.165, 1.54) is 0 Å². The van der Waals surface area contributed by atoms with Crippen LogP contribution in [0.5, 0.6) is 0 Å². The molecule has 60 valence electrons. The van der Waals surface area contributed by atoms with Crippen molar-refractivity contribution in [2.24, 2.45) is 0 Å². The summed E-state index contributed by atoms with van der Waals surface area (Å²) in [6, 6.07) is 0. The third-order valence-corrected chi connectivity index (χ3v) is 0.991. The van der Waals surface area contributed by atoms with Crippen LogP contribution in [0.15, 0.2) is 0 Å². The Morgan fingerprint density at radius 1 is 1.40 bits per heavy atom. The monoisotopic (exact) mass is 150 g/mol. The van der Waals surface area contributed by atoms with E-state index in [1.807, 2.05) is 0 Å². The molecule has 0 saturated carbocycles. The molecule has 0 spiro atoms. The van der Waals surface area contributed by atoms with Crippen LogP contribution in [-0.4, -0.2) is 45.2 Å². The Labute approximate surface area is 57.5 Å². The number of carbonyl (C=O) groups is 1. The van der Waals surface area contributed by atoms with Gasteiger partial charge >= 0.3 is 5.97 Å². The highest BCUT2D eigenvalue weighted by Crippen LogP contribution is 1.96. The lowest BCUT2D eigenvalue weighted by molar-refractivity contribution is -0.148. The minimum Gasteiger partial charge on any atom is -0.479 e. The van der Waals surface area contributed by atoms with Gasteiger partial charge in [0.05, 0.1) is 12.7 Å². The maximum Gasteiger partial charge on any atom is 0.332 e. The van der Waals surface area contributed by atoms with Crippen LogP contribution in [0.2, 0.25) is 0 Å². The number of aliphatic hydroxyl groups is 3. The summed E-state index contributed by atoms with van der Waals surface area (Å²) in [6.07, 6.45) is -3.10. The third-order valence-electron chi connectivity index (χ3n) is 0.991. The minimum atomic E-state index is -1.60. The molecule has 4 N–H and O–H groups in total. The summed E-state index contributed by atoms with van der Waals surface area (Å²) in [5.41, 5.74) is 0. The normalized spacial score (nSPS) is 16.3. The zero-order chi connectivity index (χ0) is 8.15. The standard InChI is InChI=1S/C5H10O5/c6-2-3(7)1-4(8)5(9)10/h3-4,6-8H,1-2H2,(H,9,10)/t3-,4+/m1/s1. The van der Waals surface area contributed by atoms with Crippen LogP contribution in [-0.2, 0) is 4.79 Å². The molecule has 2 atom stereocenters. The van der Waals surface area contributed by atoms with Crippen molar-refractivity contribution in [3.05, 3.63) is 0 Å². The fraction of sp³-hybridized carbons (Fsp3) is 0.800. The molecule has 0 aliphatic heterocycles. The molecule has 0 aromatic heterocycles. The van der Waals surface area contributed by atoms with Crippen LogP contribution in [0.3, 0.4) is 0 Å². The number of aliphatic carboxylic acids is 1. The number of carboxylic acids is 1. The van der Waals surface area contributed by atoms with Gasteiger partial charge in [0.2, 0.25) is 0 Å². The fourth-order valence-corrected chi connectivity index (χ4v) is 0.433. The summed E-state index contributed by atoms with van der Waals surface area (Å²) in [5, 5.41) is 33.5. The number of hydrogen-bond donors (Lipinski definition) is 4. The molecule has 0 saturated heterocycles. The second-order valence-electron chi connectivity index (χ2n) is 1.93. The molecule has 5 nitrogen and oxygen atoms in total. The van der Waals surface area contributed by atoms with Gasteiger partial charge in [0.15, 0.2) is 6.10 Å². The Morgan fingerprint density at radius 2 is 1.90 bits per heavy atom. The predicted molar refractivity (Wildman–Crippen MR) is 31.4 cm³/mol. The first-order valence-corrected chi connectivity index (χ1v) is 2.77. The van der Waals surface area contributed by atoms with Crippen LogP contribution >= 0.6 is 0 Å². The van der Waals surface area contributed by atoms with Gasteiger partial charge in [-0.05, 0) is 0 Å². The molecule has 0 amide bonds. The molecular weight excluding hydrogens is 140 g/mol. The number of aliphatic hydroxyl groups excluding tert-OH is 3. The van der Waals surface area contributed by atoms with E-state index >= 15 is 0 Å². The summed E-state index contributed by atoms with van der Waals surface area (Å²) in [4.78, 5) is 9.91. The molecule has 0 aliphatic rings. The van der Waals surface area contributed by atoms with Crippen LogP contribution < -0.4 is 0 Å². The SMILES string of the molecule is O=C(O)[C@@H](O)C[C@@H](O)CO. The number of rotatable bonds is 4. The van der Waals surface area contributed by atoms with Crippen molar-refractivity contribution in [3.63, 3.8) is 0 Å². The zero-order valence-electron chi connectivity index (χ0n) is 5.27. The summed E-state index contributed by atoms with van der Waals surface area (Å²) < 4.78 is 0. The van der Waals surface area contributed by atoms with Crippen molar-refractivity contribution in [2.45, 2.75) is 18.6 Å². The van der Waals surface area contributed by atoms with Gasteiger partial charge in [-0.1, -0.05) is 0 Å². The molecule has 0 bridgehead atoms. The van der Waals surface area contributed by atoms with Crippen LogP contribution in [0.4, 0.5) is 0 Å². The van der Waals surface area contributed by atoms with Gasteiger partial charge in [-0.3, -0.25) is 0 Å². The number of hydrogen-bond acceptors (Lipinski definition) is 4. The van der Waals surface area contributed by atoms with Crippen LogP contribution in [0, 0.1) is 0 Å². The largest absolute Gasteiger partial charge is 0.479 e. The molecule has 0 radical (unpaired) electrons. The minimum absolute atomic E-state index is 0.341. The van der Waals surface area contributed by atoms with E-state index < -0.39 is 24.8 Å². The zero-order valence-corrected chi connectivity index (χ0v) is 5.27. The molecule has 0 heterocycles. The van der Waals surface area contributed by atoms with Crippen molar-refractivity contribution in [1.29, 1.82) is 0 Å². The lowest BCUT2D eigenvalue weighted by Gasteiger charge is -2.08. The highest BCUT2D eigenvalue weighted by atomic mass is 16.4. The predicted octanol–water partition coefficient (Wildman–Crippen LogP) is -1.82. The van der Waals surface area contributed by atoms with Gasteiger partial charge in [0.1, 0.15) is 0 Å². The van der Waals surface area contributed by atoms with Crippen molar-refractivity contribution >= 4 is 5.97 Å². The first kappa shape index (κ1) is 9.35. The van der Waals surface area contributed by atoms with E-state index in [9.17, 15) is 4.79 Å². The maximum absolute atomic E-state index is 9.91. The number of carboxylic acid groups (broad SMARTS) is 1. The molecule has 0 aliphatic carbocycles. The van der Waals surface area contributed by atoms with E-state index in [0.29, 0.717) is 0 Å². The van der Waals surface area contributed by atoms with Gasteiger partial charge in [-0.2, -0.15) is 0 Å². The first-order valence-electron chi connectivity index (χ1n) is 2.77. The molecule has 5 heteroatoms. The average Bonchev–Trinajstić information content (AvgIpc) is 1.87. The Kier molecular flexibility index (Phi) is 3.94. The van der Waals surface area contributed by atoms with E-state index in [4.69, 9.17) is 20.4 Å². The summed E-state index contributed by atoms with van der Waals surface area (Å²) in [5.74, 6) is -1.40. The molecule has 10 heavy (non-hydrogen) atoms. The van der Waals surface area contributed by atoms with Crippen molar-refractivity contribution in [3.8, 4) is 0 Å². The highest BCUT2D eigenvalue weighted by Gasteiger charge is 2.16. The molecule has 0 unspecified atom stereocenters. The maximum atomic E-state index is 9.91. The summed E-state index contributed by atoms with van der Waals surface area (Å²) in [7, 11) is 0. The van der Waals surface area contributed by atoms with Gasteiger partial charge in [-0.15, -0.1) is 0 Å². The summed E-state index contributed by atoms with van der Waals surface area (Å²) in [6.45, 7) is -0.537. The van der Waals surface area contributed by atoms with Crippen molar-refractivity contribution in [2.75, 3.05) is 6.61 Å². The quantitative estimate of drug-likeness (QED) is 0.378. The Balaban J connectivity index is 3.56. The van der Waals surface area contributed by atoms with Crippen molar-refractivity contribution in [1.82, 2.24) is 0 Å². The first-order chi connectivity index (χ1) is 4.57. The Morgan fingerprint density at radius 3 is 2.20 bits per heavy atom. The van der Waals surface area contributed by atoms with Gasteiger partial charge < -0.3 is 20.4 Å². The van der Waals surface area contributed by atoms with E-state index in [-0.39, 0.29) is 6.42 Å². The topological polar surface area (TPSA) is 98.0 Å². The van der Waals surface area contributed by atoms with E-state index in [0.717, 1.165) is 0 Å². The molecule has 0 fully saturated rings. The fourth-order valence-electron chi connectivity index (χ4n) is 0.433. The molecule has 0 aromatic carbocycles. The van der Waals surface area contributed by atoms with E-state index in [2.05, 4.69) is 0 Å². The van der Waals surface area contributed by atoms with Crippen LogP contribution in [0.1, 0.15) is 6.42 Å². The Bertz CT molecular complexity index is 113. The van der Waals surface area contributed by atoms with Gasteiger partial charge in [-0.25, -0.2) is 4.79 Å². The van der Waals surface area contributed by atoms with Gasteiger partial charge in [0, 0.05) is 6.42 Å². The van der Waals surface area contributed by atoms with Crippen LogP contribution in [0.25, 0.3) is 0 Å². The van der Waals surface area contributed by atoms with E-state index in [1.54, 1.807) is 0 Å². The second-order valence-corrected chi connectivity index (χ2v) is 1.93. The third kappa shape index (κ3) is 3.39. The smallest absolute Gasteiger partial charge is 0.332 e. The molecule has 0 rings (SSSR count). The highest BCUT2D eigenvalue weighted by molar-refractivity contribution is 5.71. The molecular formula is C5H10O5. The van der Waals surface area contributed by atoms with Gasteiger partial charge in [0.25, 0.3) is 0 Å². The lowest BCUT2D eigenvalue weighted by atomic mass is 10.2.